The van der Waals surface area contributed by atoms with Crippen LogP contribution in [0, 0.1) is 0 Å². The Labute approximate surface area is 206 Å². The largest absolute Gasteiger partial charge is 0.755 e. The van der Waals surface area contributed by atoms with Gasteiger partial charge in [0.15, 0.2) is 0 Å². The van der Waals surface area contributed by atoms with Gasteiger partial charge in [-0.1, -0.05) is 35.3 Å². The normalized spacial score (nSPS) is 12.3. The van der Waals surface area contributed by atoms with Crippen molar-refractivity contribution in [2.24, 2.45) is 0 Å². The van der Waals surface area contributed by atoms with Gasteiger partial charge in [-0.2, -0.15) is 13.2 Å². The standard InChI is InChI=1S/C22H18Cl2F3N3O3S/c23-19-3-1-2-14(20(19)24)9-11-30(34(32)33)18-6-4-15(5-7-18)21(31)29-13-17-12-16(8-10-28-17)22(25,26)27/h1-8,10,12H,9,11,13H2,(H,29,31)(H,32,33)/p-1. The van der Waals surface area contributed by atoms with E-state index < -0.39 is 28.9 Å². The zero-order chi connectivity index (χ0) is 24.9. The molecule has 0 radical (unpaired) electrons. The number of rotatable bonds is 8. The molecule has 0 bridgehead atoms. The molecule has 1 heterocycles. The molecule has 0 fully saturated rings. The highest BCUT2D eigenvalue weighted by atomic mass is 35.5. The molecule has 3 aromatic rings. The average molecular weight is 531 g/mol. The molecule has 0 aliphatic heterocycles. The molecule has 34 heavy (non-hydrogen) atoms. The van der Waals surface area contributed by atoms with E-state index in [4.69, 9.17) is 23.2 Å². The number of alkyl halides is 3. The molecular formula is C22H17Cl2F3N3O3S-. The second-order valence-electron chi connectivity index (χ2n) is 7.05. The minimum Gasteiger partial charge on any atom is -0.755 e. The molecule has 0 aliphatic carbocycles. The maximum absolute atomic E-state index is 12.8. The van der Waals surface area contributed by atoms with Gasteiger partial charge < -0.3 is 14.2 Å². The fourth-order valence-corrected chi connectivity index (χ4v) is 4.01. The average Bonchev–Trinajstić information content (AvgIpc) is 2.80. The Morgan fingerprint density at radius 1 is 1.12 bits per heavy atom. The Hall–Kier alpha value is -2.66. The number of nitrogens with one attached hydrogen (secondary N) is 1. The lowest BCUT2D eigenvalue weighted by Crippen LogP contribution is -2.28. The fourth-order valence-electron chi connectivity index (χ4n) is 3.06. The Bertz CT molecular complexity index is 1190. The second kappa shape index (κ2) is 11.2. The minimum absolute atomic E-state index is 0.0485. The Kier molecular flexibility index (Phi) is 8.53. The van der Waals surface area contributed by atoms with Gasteiger partial charge in [0.25, 0.3) is 5.91 Å². The highest BCUT2D eigenvalue weighted by molar-refractivity contribution is 7.80. The van der Waals surface area contributed by atoms with Crippen LogP contribution in [0.5, 0.6) is 0 Å². The summed E-state index contributed by atoms with van der Waals surface area (Å²) in [4.78, 5) is 16.2. The molecule has 1 atom stereocenters. The third-order valence-electron chi connectivity index (χ3n) is 4.79. The second-order valence-corrected chi connectivity index (χ2v) is 8.71. The Morgan fingerprint density at radius 3 is 2.47 bits per heavy atom. The molecule has 1 aromatic heterocycles. The number of anilines is 1. The zero-order valence-electron chi connectivity index (χ0n) is 17.3. The van der Waals surface area contributed by atoms with E-state index in [1.807, 2.05) is 0 Å². The zero-order valence-corrected chi connectivity index (χ0v) is 19.6. The number of halogens is 5. The number of carbonyl (C=O) groups excluding carboxylic acids is 1. The molecule has 2 aromatic carbocycles. The molecule has 1 unspecified atom stereocenters. The van der Waals surface area contributed by atoms with Crippen molar-refractivity contribution < 1.29 is 26.7 Å². The van der Waals surface area contributed by atoms with Crippen LogP contribution < -0.4 is 9.62 Å². The van der Waals surface area contributed by atoms with Crippen LogP contribution in [0.15, 0.2) is 60.8 Å². The van der Waals surface area contributed by atoms with E-state index in [0.29, 0.717) is 27.7 Å². The topological polar surface area (TPSA) is 85.4 Å². The van der Waals surface area contributed by atoms with Crippen LogP contribution in [0.2, 0.25) is 10.0 Å². The third kappa shape index (κ3) is 6.69. The van der Waals surface area contributed by atoms with Crippen molar-refractivity contribution in [1.82, 2.24) is 10.3 Å². The van der Waals surface area contributed by atoms with Crippen LogP contribution in [-0.2, 0) is 30.4 Å². The molecule has 1 amide bonds. The molecule has 0 saturated heterocycles. The van der Waals surface area contributed by atoms with Crippen LogP contribution in [0.4, 0.5) is 18.9 Å². The van der Waals surface area contributed by atoms with E-state index in [0.717, 1.165) is 22.6 Å². The summed E-state index contributed by atoms with van der Waals surface area (Å²) in [7, 11) is 0. The van der Waals surface area contributed by atoms with Crippen molar-refractivity contribution >= 4 is 46.1 Å². The molecule has 6 nitrogen and oxygen atoms in total. The van der Waals surface area contributed by atoms with Gasteiger partial charge in [-0.15, -0.1) is 0 Å². The van der Waals surface area contributed by atoms with E-state index in [2.05, 4.69) is 10.3 Å². The number of hydrogen-bond donors (Lipinski definition) is 1. The van der Waals surface area contributed by atoms with Gasteiger partial charge in [-0.05, 0) is 54.4 Å². The van der Waals surface area contributed by atoms with Crippen molar-refractivity contribution in [3.8, 4) is 0 Å². The van der Waals surface area contributed by atoms with Crippen molar-refractivity contribution in [3.05, 3.63) is 93.2 Å². The molecule has 180 valence electrons. The van der Waals surface area contributed by atoms with Crippen molar-refractivity contribution in [2.45, 2.75) is 19.1 Å². The third-order valence-corrected chi connectivity index (χ3v) is 6.40. The summed E-state index contributed by atoms with van der Waals surface area (Å²) >= 11 is 9.55. The van der Waals surface area contributed by atoms with Crippen molar-refractivity contribution in [2.75, 3.05) is 10.8 Å². The summed E-state index contributed by atoms with van der Waals surface area (Å²) in [5, 5.41) is 3.21. The highest BCUT2D eigenvalue weighted by Gasteiger charge is 2.30. The number of hydrogen-bond acceptors (Lipinski definition) is 4. The first-order valence-electron chi connectivity index (χ1n) is 9.76. The Morgan fingerprint density at radius 2 is 1.82 bits per heavy atom. The fraction of sp³-hybridized carbons (Fsp3) is 0.182. The van der Waals surface area contributed by atoms with Crippen LogP contribution in [0.3, 0.4) is 0 Å². The summed E-state index contributed by atoms with van der Waals surface area (Å²) in [5.74, 6) is -0.550. The molecule has 0 saturated carbocycles. The first-order chi connectivity index (χ1) is 16.1. The summed E-state index contributed by atoms with van der Waals surface area (Å²) < 4.78 is 63.0. The minimum atomic E-state index is -4.51. The predicted molar refractivity (Wildman–Crippen MR) is 123 cm³/mol. The maximum Gasteiger partial charge on any atom is 0.416 e. The molecular weight excluding hydrogens is 514 g/mol. The Balaban J connectivity index is 1.64. The summed E-state index contributed by atoms with van der Waals surface area (Å²) in [6.45, 7) is -0.121. The van der Waals surface area contributed by atoms with Gasteiger partial charge in [-0.3, -0.25) is 14.0 Å². The van der Waals surface area contributed by atoms with E-state index in [9.17, 15) is 26.7 Å². The molecule has 0 spiro atoms. The van der Waals surface area contributed by atoms with Crippen LogP contribution in [0.25, 0.3) is 0 Å². The van der Waals surface area contributed by atoms with Crippen LogP contribution in [-0.4, -0.2) is 26.2 Å². The van der Waals surface area contributed by atoms with E-state index in [-0.39, 0.29) is 24.3 Å². The molecule has 0 aliphatic rings. The summed E-state index contributed by atoms with van der Waals surface area (Å²) in [6, 6.07) is 12.5. The van der Waals surface area contributed by atoms with Gasteiger partial charge in [0, 0.05) is 35.3 Å². The SMILES string of the molecule is O=C(NCc1cc(C(F)(F)F)ccn1)c1ccc(N(CCc2cccc(Cl)c2Cl)S(=O)[O-])cc1. The van der Waals surface area contributed by atoms with Crippen molar-refractivity contribution in [3.63, 3.8) is 0 Å². The molecule has 12 heteroatoms. The van der Waals surface area contributed by atoms with Crippen LogP contribution >= 0.6 is 23.2 Å². The number of amides is 1. The lowest BCUT2D eigenvalue weighted by molar-refractivity contribution is -0.137. The number of pyridine rings is 1. The number of benzene rings is 2. The summed E-state index contributed by atoms with van der Waals surface area (Å²) in [5.41, 5.74) is 0.393. The molecule has 1 N–H and O–H groups in total. The first kappa shape index (κ1) is 26.0. The van der Waals surface area contributed by atoms with Gasteiger partial charge in [0.05, 0.1) is 27.8 Å². The highest BCUT2D eigenvalue weighted by Crippen LogP contribution is 2.29. The number of aromatic nitrogens is 1. The maximum atomic E-state index is 12.8. The lowest BCUT2D eigenvalue weighted by atomic mass is 10.1. The predicted octanol–water partition coefficient (Wildman–Crippen LogP) is 5.18. The first-order valence-corrected chi connectivity index (χ1v) is 11.5. The quantitative estimate of drug-likeness (QED) is 0.406. The number of nitrogens with zero attached hydrogens (tertiary/aromatic N) is 2. The number of carbonyl (C=O) groups is 1. The smallest absolute Gasteiger partial charge is 0.416 e. The van der Waals surface area contributed by atoms with Gasteiger partial charge in [0.1, 0.15) is 0 Å². The molecule has 3 rings (SSSR count). The van der Waals surface area contributed by atoms with Crippen molar-refractivity contribution in [1.29, 1.82) is 0 Å². The monoisotopic (exact) mass is 530 g/mol. The van der Waals surface area contributed by atoms with E-state index >= 15 is 0 Å². The van der Waals surface area contributed by atoms with Gasteiger partial charge in [0.2, 0.25) is 0 Å². The van der Waals surface area contributed by atoms with E-state index in [1.165, 1.54) is 24.3 Å². The van der Waals surface area contributed by atoms with E-state index in [1.54, 1.807) is 18.2 Å². The van der Waals surface area contributed by atoms with Gasteiger partial charge >= 0.3 is 6.18 Å². The van der Waals surface area contributed by atoms with Crippen LogP contribution in [0.1, 0.15) is 27.2 Å². The van der Waals surface area contributed by atoms with Gasteiger partial charge in [-0.25, -0.2) is 0 Å². The summed E-state index contributed by atoms with van der Waals surface area (Å²) in [6.07, 6.45) is -3.18. The lowest BCUT2D eigenvalue weighted by Gasteiger charge is -2.26.